The van der Waals surface area contributed by atoms with Crippen LogP contribution in [0.3, 0.4) is 0 Å². The molecular weight excluding hydrogens is 176 g/mol. The third-order valence-corrected chi connectivity index (χ3v) is 1.89. The van der Waals surface area contributed by atoms with Crippen molar-refractivity contribution in [2.24, 2.45) is 0 Å². The fourth-order valence-corrected chi connectivity index (χ4v) is 1.24. The maximum atomic E-state index is 9.40. The van der Waals surface area contributed by atoms with Crippen LogP contribution in [0.1, 0.15) is 12.5 Å². The Morgan fingerprint density at radius 3 is 2.75 bits per heavy atom. The van der Waals surface area contributed by atoms with Gasteiger partial charge in [-0.15, -0.1) is 0 Å². The summed E-state index contributed by atoms with van der Waals surface area (Å²) in [5.74, 6) is 0.0695. The Morgan fingerprint density at radius 2 is 2.17 bits per heavy atom. The predicted molar refractivity (Wildman–Crippen MR) is 48.5 cm³/mol. The van der Waals surface area contributed by atoms with Gasteiger partial charge in [0.1, 0.15) is 5.75 Å². The predicted octanol–water partition coefficient (Wildman–Crippen LogP) is 1.97. The zero-order chi connectivity index (χ0) is 9.14. The molecule has 2 nitrogen and oxygen atoms in total. The Labute approximate surface area is 76.4 Å². The molecule has 0 fully saturated rings. The van der Waals surface area contributed by atoms with Crippen LogP contribution < -0.4 is 0 Å². The highest BCUT2D eigenvalue weighted by Crippen LogP contribution is 2.27. The van der Waals surface area contributed by atoms with Gasteiger partial charge < -0.3 is 10.2 Å². The molecule has 0 radical (unpaired) electrons. The smallest absolute Gasteiger partial charge is 0.137 e. The second-order valence-corrected chi connectivity index (χ2v) is 3.21. The van der Waals surface area contributed by atoms with Crippen LogP contribution in [0.4, 0.5) is 0 Å². The Bertz CT molecular complexity index is 271. The second kappa shape index (κ2) is 3.78. The van der Waals surface area contributed by atoms with Crippen LogP contribution in [0.15, 0.2) is 18.2 Å². The van der Waals surface area contributed by atoms with Crippen molar-refractivity contribution in [3.05, 3.63) is 28.8 Å². The highest BCUT2D eigenvalue weighted by Gasteiger charge is 2.06. The monoisotopic (exact) mass is 186 g/mol. The molecular formula is C9H11ClO2. The van der Waals surface area contributed by atoms with Gasteiger partial charge in [-0.25, -0.2) is 0 Å². The summed E-state index contributed by atoms with van der Waals surface area (Å²) in [5, 5.41) is 18.8. The van der Waals surface area contributed by atoms with Crippen molar-refractivity contribution in [1.29, 1.82) is 0 Å². The summed E-state index contributed by atoms with van der Waals surface area (Å²) in [7, 11) is 0. The molecule has 2 N–H and O–H groups in total. The lowest BCUT2D eigenvalue weighted by Crippen LogP contribution is -2.04. The number of aliphatic hydroxyl groups excluding tert-OH is 1. The summed E-state index contributed by atoms with van der Waals surface area (Å²) < 4.78 is 0. The van der Waals surface area contributed by atoms with Gasteiger partial charge in [0.25, 0.3) is 0 Å². The zero-order valence-electron chi connectivity index (χ0n) is 6.79. The number of para-hydroxylation sites is 1. The molecule has 1 unspecified atom stereocenters. The van der Waals surface area contributed by atoms with Gasteiger partial charge in [0, 0.05) is 6.42 Å². The molecule has 1 rings (SSSR count). The Morgan fingerprint density at radius 1 is 1.50 bits per heavy atom. The van der Waals surface area contributed by atoms with E-state index >= 15 is 0 Å². The SMILES string of the molecule is CC(O)Cc1cccc(Cl)c1O. The molecule has 12 heavy (non-hydrogen) atoms. The third-order valence-electron chi connectivity index (χ3n) is 1.59. The summed E-state index contributed by atoms with van der Waals surface area (Å²) in [4.78, 5) is 0. The Kier molecular flexibility index (Phi) is 2.95. The van der Waals surface area contributed by atoms with Crippen LogP contribution in [0.2, 0.25) is 5.02 Å². The first-order chi connectivity index (χ1) is 5.61. The minimum Gasteiger partial charge on any atom is -0.506 e. The minimum absolute atomic E-state index is 0.0695. The average Bonchev–Trinajstić information content (AvgIpc) is 1.98. The average molecular weight is 187 g/mol. The lowest BCUT2D eigenvalue weighted by Gasteiger charge is -2.07. The van der Waals surface area contributed by atoms with E-state index in [-0.39, 0.29) is 5.75 Å². The van der Waals surface area contributed by atoms with E-state index in [0.29, 0.717) is 17.0 Å². The molecule has 0 aliphatic rings. The zero-order valence-corrected chi connectivity index (χ0v) is 7.54. The summed E-state index contributed by atoms with van der Waals surface area (Å²) in [5.41, 5.74) is 0.678. The number of rotatable bonds is 2. The number of aromatic hydroxyl groups is 1. The van der Waals surface area contributed by atoms with Crippen LogP contribution in [-0.4, -0.2) is 16.3 Å². The van der Waals surface area contributed by atoms with Crippen LogP contribution in [0.25, 0.3) is 0 Å². The fraction of sp³-hybridized carbons (Fsp3) is 0.333. The fourth-order valence-electron chi connectivity index (χ4n) is 1.04. The molecule has 0 aliphatic heterocycles. The molecule has 1 aromatic rings. The minimum atomic E-state index is -0.464. The van der Waals surface area contributed by atoms with Gasteiger partial charge in [0.2, 0.25) is 0 Å². The van der Waals surface area contributed by atoms with E-state index in [1.165, 1.54) is 0 Å². The first-order valence-corrected chi connectivity index (χ1v) is 4.13. The molecule has 0 aliphatic carbocycles. The van der Waals surface area contributed by atoms with Gasteiger partial charge in [-0.3, -0.25) is 0 Å². The van der Waals surface area contributed by atoms with E-state index in [4.69, 9.17) is 16.7 Å². The van der Waals surface area contributed by atoms with Crippen molar-refractivity contribution in [3.8, 4) is 5.75 Å². The standard InChI is InChI=1S/C9H11ClO2/c1-6(11)5-7-3-2-4-8(10)9(7)12/h2-4,6,11-12H,5H2,1H3. The normalized spacial score (nSPS) is 12.9. The van der Waals surface area contributed by atoms with Gasteiger partial charge >= 0.3 is 0 Å². The maximum absolute atomic E-state index is 9.40. The van der Waals surface area contributed by atoms with Gasteiger partial charge in [-0.05, 0) is 18.6 Å². The molecule has 0 spiro atoms. The molecule has 0 aromatic heterocycles. The number of aliphatic hydroxyl groups is 1. The number of halogens is 1. The van der Waals surface area contributed by atoms with Gasteiger partial charge in [0.15, 0.2) is 0 Å². The maximum Gasteiger partial charge on any atom is 0.137 e. The summed E-state index contributed by atoms with van der Waals surface area (Å²) in [6, 6.07) is 5.11. The molecule has 0 amide bonds. The van der Waals surface area contributed by atoms with E-state index in [0.717, 1.165) is 0 Å². The van der Waals surface area contributed by atoms with Crippen molar-refractivity contribution in [3.63, 3.8) is 0 Å². The highest BCUT2D eigenvalue weighted by molar-refractivity contribution is 6.32. The number of phenolic OH excluding ortho intramolecular Hbond substituents is 1. The number of phenols is 1. The third kappa shape index (κ3) is 2.13. The van der Waals surface area contributed by atoms with Crippen LogP contribution in [0, 0.1) is 0 Å². The first kappa shape index (κ1) is 9.36. The Hall–Kier alpha value is -0.730. The van der Waals surface area contributed by atoms with E-state index in [2.05, 4.69) is 0 Å². The van der Waals surface area contributed by atoms with Crippen LogP contribution >= 0.6 is 11.6 Å². The van der Waals surface area contributed by atoms with E-state index in [9.17, 15) is 5.11 Å². The molecule has 1 aromatic carbocycles. The van der Waals surface area contributed by atoms with Crippen LogP contribution in [0.5, 0.6) is 5.75 Å². The van der Waals surface area contributed by atoms with E-state index < -0.39 is 6.10 Å². The molecule has 0 bridgehead atoms. The van der Waals surface area contributed by atoms with Crippen molar-refractivity contribution < 1.29 is 10.2 Å². The lowest BCUT2D eigenvalue weighted by molar-refractivity contribution is 0.194. The number of benzene rings is 1. The number of hydrogen-bond acceptors (Lipinski definition) is 2. The lowest BCUT2D eigenvalue weighted by atomic mass is 10.1. The highest BCUT2D eigenvalue weighted by atomic mass is 35.5. The van der Waals surface area contributed by atoms with E-state index in [1.54, 1.807) is 25.1 Å². The largest absolute Gasteiger partial charge is 0.506 e. The van der Waals surface area contributed by atoms with Gasteiger partial charge in [0.05, 0.1) is 11.1 Å². The molecule has 1 atom stereocenters. The number of hydrogen-bond donors (Lipinski definition) is 2. The summed E-state index contributed by atoms with van der Waals surface area (Å²) in [6.07, 6.45) is -0.0405. The molecule has 66 valence electrons. The molecule has 0 heterocycles. The summed E-state index contributed by atoms with van der Waals surface area (Å²) >= 11 is 5.67. The quantitative estimate of drug-likeness (QED) is 0.742. The van der Waals surface area contributed by atoms with E-state index in [1.807, 2.05) is 0 Å². The molecule has 3 heteroatoms. The van der Waals surface area contributed by atoms with Crippen LogP contribution in [-0.2, 0) is 6.42 Å². The topological polar surface area (TPSA) is 40.5 Å². The first-order valence-electron chi connectivity index (χ1n) is 3.75. The van der Waals surface area contributed by atoms with Crippen molar-refractivity contribution in [1.82, 2.24) is 0 Å². The second-order valence-electron chi connectivity index (χ2n) is 2.80. The van der Waals surface area contributed by atoms with Crippen molar-refractivity contribution in [2.75, 3.05) is 0 Å². The Balaban J connectivity index is 2.92. The molecule has 0 saturated carbocycles. The van der Waals surface area contributed by atoms with Gasteiger partial charge in [-0.1, -0.05) is 23.7 Å². The molecule has 0 saturated heterocycles. The van der Waals surface area contributed by atoms with Crippen molar-refractivity contribution in [2.45, 2.75) is 19.4 Å². The van der Waals surface area contributed by atoms with Crippen molar-refractivity contribution >= 4 is 11.6 Å². The summed E-state index contributed by atoms with van der Waals surface area (Å²) in [6.45, 7) is 1.67. The van der Waals surface area contributed by atoms with Gasteiger partial charge in [-0.2, -0.15) is 0 Å².